The van der Waals surface area contributed by atoms with Gasteiger partial charge in [0.2, 0.25) is 5.88 Å². The Morgan fingerprint density at radius 3 is 2.41 bits per heavy atom. The van der Waals surface area contributed by atoms with Crippen LogP contribution >= 0.6 is 12.2 Å². The van der Waals surface area contributed by atoms with Gasteiger partial charge in [-0.25, -0.2) is 4.98 Å². The first-order valence-electron chi connectivity index (χ1n) is 5.15. The number of hydrogen-bond acceptors (Lipinski definition) is 3. The molecular formula is C13H12N2OS. The van der Waals surface area contributed by atoms with Crippen LogP contribution in [0, 0.1) is 6.92 Å². The molecule has 0 aliphatic heterocycles. The maximum absolute atomic E-state index is 5.57. The molecule has 0 saturated carbocycles. The predicted octanol–water partition coefficient (Wildman–Crippen LogP) is 2.82. The van der Waals surface area contributed by atoms with Gasteiger partial charge in [0.25, 0.3) is 0 Å². The molecule has 1 aromatic heterocycles. The molecule has 0 radical (unpaired) electrons. The molecule has 4 heteroatoms. The van der Waals surface area contributed by atoms with Gasteiger partial charge in [0.15, 0.2) is 0 Å². The third-order valence-electron chi connectivity index (χ3n) is 2.26. The van der Waals surface area contributed by atoms with Crippen LogP contribution in [-0.2, 0) is 0 Å². The van der Waals surface area contributed by atoms with Gasteiger partial charge in [-0.2, -0.15) is 0 Å². The molecule has 0 saturated heterocycles. The summed E-state index contributed by atoms with van der Waals surface area (Å²) in [6, 6.07) is 11.3. The third-order valence-corrected chi connectivity index (χ3v) is 2.50. The minimum absolute atomic E-state index is 0.333. The fourth-order valence-electron chi connectivity index (χ4n) is 1.31. The van der Waals surface area contributed by atoms with E-state index in [0.717, 1.165) is 11.3 Å². The summed E-state index contributed by atoms with van der Waals surface area (Å²) in [6.45, 7) is 2.03. The van der Waals surface area contributed by atoms with E-state index in [1.165, 1.54) is 5.56 Å². The van der Waals surface area contributed by atoms with Crippen molar-refractivity contribution < 1.29 is 4.74 Å². The lowest BCUT2D eigenvalue weighted by Gasteiger charge is -2.05. The molecular weight excluding hydrogens is 232 g/mol. The Bertz CT molecular complexity index is 520. The van der Waals surface area contributed by atoms with Crippen molar-refractivity contribution >= 4 is 17.2 Å². The van der Waals surface area contributed by atoms with Crippen LogP contribution in [-0.4, -0.2) is 9.97 Å². The Balaban J connectivity index is 2.13. The molecule has 1 heterocycles. The zero-order valence-electron chi connectivity index (χ0n) is 9.38. The van der Waals surface area contributed by atoms with E-state index in [2.05, 4.69) is 4.98 Å². The standard InChI is InChI=1S/C13H12N2OS/c1-9-2-5-11(6-3-9)16-12-7-4-10(8-15-12)13(14)17/h2-8H,1H3,(H2,14,17). The summed E-state index contributed by atoms with van der Waals surface area (Å²) in [6.07, 6.45) is 1.60. The summed E-state index contributed by atoms with van der Waals surface area (Å²) in [5, 5.41) is 0. The highest BCUT2D eigenvalue weighted by Gasteiger charge is 2.00. The normalized spacial score (nSPS) is 9.94. The fourth-order valence-corrected chi connectivity index (χ4v) is 1.43. The number of nitrogens with two attached hydrogens (primary N) is 1. The largest absolute Gasteiger partial charge is 0.439 e. The van der Waals surface area contributed by atoms with Crippen LogP contribution in [0.15, 0.2) is 42.6 Å². The van der Waals surface area contributed by atoms with Gasteiger partial charge < -0.3 is 10.5 Å². The average molecular weight is 244 g/mol. The van der Waals surface area contributed by atoms with Crippen molar-refractivity contribution in [2.75, 3.05) is 0 Å². The summed E-state index contributed by atoms with van der Waals surface area (Å²) >= 11 is 4.85. The maximum atomic E-state index is 5.57. The zero-order chi connectivity index (χ0) is 12.3. The Morgan fingerprint density at radius 2 is 1.88 bits per heavy atom. The van der Waals surface area contributed by atoms with E-state index in [9.17, 15) is 0 Å². The average Bonchev–Trinajstić information content (AvgIpc) is 2.33. The number of thiocarbonyl (C=S) groups is 1. The second kappa shape index (κ2) is 4.93. The summed E-state index contributed by atoms with van der Waals surface area (Å²) in [7, 11) is 0. The van der Waals surface area contributed by atoms with Gasteiger partial charge in [0.1, 0.15) is 10.7 Å². The van der Waals surface area contributed by atoms with Crippen molar-refractivity contribution in [1.29, 1.82) is 0 Å². The number of benzene rings is 1. The Morgan fingerprint density at radius 1 is 1.18 bits per heavy atom. The van der Waals surface area contributed by atoms with Crippen LogP contribution in [0.2, 0.25) is 0 Å². The van der Waals surface area contributed by atoms with Crippen molar-refractivity contribution in [3.63, 3.8) is 0 Å². The molecule has 3 nitrogen and oxygen atoms in total. The molecule has 0 atom stereocenters. The summed E-state index contributed by atoms with van der Waals surface area (Å²) in [5.74, 6) is 1.28. The lowest BCUT2D eigenvalue weighted by Crippen LogP contribution is -2.09. The Hall–Kier alpha value is -1.94. The molecule has 0 amide bonds. The van der Waals surface area contributed by atoms with Gasteiger partial charge in [0, 0.05) is 17.8 Å². The highest BCUT2D eigenvalue weighted by Crippen LogP contribution is 2.19. The molecule has 2 rings (SSSR count). The first-order valence-corrected chi connectivity index (χ1v) is 5.56. The van der Waals surface area contributed by atoms with Crippen LogP contribution in [0.3, 0.4) is 0 Å². The van der Waals surface area contributed by atoms with Gasteiger partial charge in [-0.15, -0.1) is 0 Å². The monoisotopic (exact) mass is 244 g/mol. The summed E-state index contributed by atoms with van der Waals surface area (Å²) < 4.78 is 5.57. The molecule has 0 aliphatic carbocycles. The number of hydrogen-bond donors (Lipinski definition) is 1. The number of rotatable bonds is 3. The van der Waals surface area contributed by atoms with Gasteiger partial charge in [-0.1, -0.05) is 29.9 Å². The van der Waals surface area contributed by atoms with Gasteiger partial charge in [0.05, 0.1) is 0 Å². The molecule has 2 aromatic rings. The Labute approximate surface area is 105 Å². The van der Waals surface area contributed by atoms with Gasteiger partial charge in [-0.05, 0) is 25.1 Å². The molecule has 0 bridgehead atoms. The number of aryl methyl sites for hydroxylation is 1. The minimum atomic E-state index is 0.333. The van der Waals surface area contributed by atoms with E-state index in [0.29, 0.717) is 10.9 Å². The van der Waals surface area contributed by atoms with Crippen molar-refractivity contribution in [2.45, 2.75) is 6.92 Å². The predicted molar refractivity (Wildman–Crippen MR) is 71.4 cm³/mol. The van der Waals surface area contributed by atoms with E-state index in [-0.39, 0.29) is 0 Å². The van der Waals surface area contributed by atoms with E-state index in [1.807, 2.05) is 31.2 Å². The minimum Gasteiger partial charge on any atom is -0.439 e. The maximum Gasteiger partial charge on any atom is 0.219 e. The molecule has 1 aromatic carbocycles. The Kier molecular flexibility index (Phi) is 3.35. The second-order valence-corrected chi connectivity index (χ2v) is 4.10. The number of nitrogens with zero attached hydrogens (tertiary/aromatic N) is 1. The molecule has 0 unspecified atom stereocenters. The molecule has 0 aliphatic rings. The quantitative estimate of drug-likeness (QED) is 0.843. The lowest BCUT2D eigenvalue weighted by atomic mass is 10.2. The highest BCUT2D eigenvalue weighted by atomic mass is 32.1. The van der Waals surface area contributed by atoms with Crippen LogP contribution in [0.25, 0.3) is 0 Å². The highest BCUT2D eigenvalue weighted by molar-refractivity contribution is 7.80. The van der Waals surface area contributed by atoms with E-state index < -0.39 is 0 Å². The molecule has 2 N–H and O–H groups in total. The first-order chi connectivity index (χ1) is 8.15. The number of aromatic nitrogens is 1. The molecule has 86 valence electrons. The molecule has 0 spiro atoms. The SMILES string of the molecule is Cc1ccc(Oc2ccc(C(N)=S)cn2)cc1. The van der Waals surface area contributed by atoms with Crippen LogP contribution in [0.5, 0.6) is 11.6 Å². The van der Waals surface area contributed by atoms with Crippen molar-refractivity contribution in [2.24, 2.45) is 5.73 Å². The first kappa shape index (κ1) is 11.5. The van der Waals surface area contributed by atoms with Crippen LogP contribution in [0.1, 0.15) is 11.1 Å². The van der Waals surface area contributed by atoms with Crippen molar-refractivity contribution in [1.82, 2.24) is 4.98 Å². The van der Waals surface area contributed by atoms with E-state index in [4.69, 9.17) is 22.7 Å². The number of ether oxygens (including phenoxy) is 1. The molecule has 0 fully saturated rings. The van der Waals surface area contributed by atoms with E-state index >= 15 is 0 Å². The van der Waals surface area contributed by atoms with E-state index in [1.54, 1.807) is 18.3 Å². The van der Waals surface area contributed by atoms with Gasteiger partial charge >= 0.3 is 0 Å². The summed E-state index contributed by atoms with van der Waals surface area (Å²) in [4.78, 5) is 4.46. The lowest BCUT2D eigenvalue weighted by molar-refractivity contribution is 0.463. The third kappa shape index (κ3) is 3.01. The molecule has 17 heavy (non-hydrogen) atoms. The van der Waals surface area contributed by atoms with Crippen molar-refractivity contribution in [3.05, 3.63) is 53.7 Å². The van der Waals surface area contributed by atoms with Gasteiger partial charge in [-0.3, -0.25) is 0 Å². The second-order valence-electron chi connectivity index (χ2n) is 3.66. The van der Waals surface area contributed by atoms with Crippen LogP contribution in [0.4, 0.5) is 0 Å². The summed E-state index contributed by atoms with van der Waals surface area (Å²) in [5.41, 5.74) is 7.41. The zero-order valence-corrected chi connectivity index (χ0v) is 10.2. The fraction of sp³-hybridized carbons (Fsp3) is 0.0769. The van der Waals surface area contributed by atoms with Crippen molar-refractivity contribution in [3.8, 4) is 11.6 Å². The number of pyridine rings is 1. The topological polar surface area (TPSA) is 48.1 Å². The van der Waals surface area contributed by atoms with Crippen LogP contribution < -0.4 is 10.5 Å². The smallest absolute Gasteiger partial charge is 0.219 e.